The monoisotopic (exact) mass is 374 g/mol. The molecule has 0 spiro atoms. The third kappa shape index (κ3) is 3.76. The van der Waals surface area contributed by atoms with Gasteiger partial charge in [0.15, 0.2) is 5.16 Å². The summed E-state index contributed by atoms with van der Waals surface area (Å²) in [5.74, 6) is 0.463. The van der Waals surface area contributed by atoms with Crippen LogP contribution in [0, 0.1) is 0 Å². The van der Waals surface area contributed by atoms with Crippen LogP contribution < -0.4 is 11.0 Å². The normalized spacial score (nSPS) is 11.3. The smallest absolute Gasteiger partial charge is 0.278 e. The van der Waals surface area contributed by atoms with E-state index in [1.165, 1.54) is 0 Å². The number of fused-ring (bicyclic) bond motifs is 3. The second-order valence-electron chi connectivity index (χ2n) is 6.03. The van der Waals surface area contributed by atoms with Crippen LogP contribution in [-0.4, -0.2) is 31.4 Å². The Kier molecular flexibility index (Phi) is 5.95. The third-order valence-corrected chi connectivity index (χ3v) is 5.36. The summed E-state index contributed by atoms with van der Waals surface area (Å²) in [5, 5.41) is 10.1. The Morgan fingerprint density at radius 2 is 2.12 bits per heavy atom. The molecule has 0 bridgehead atoms. The SMILES string of the molecule is CCn1c(SCCCCCC(=O)NO)nc2c([nH]c3ccccc32)c1=O. The minimum atomic E-state index is -0.357. The molecule has 0 fully saturated rings. The van der Waals surface area contributed by atoms with Crippen LogP contribution in [0.15, 0.2) is 34.2 Å². The average molecular weight is 374 g/mol. The van der Waals surface area contributed by atoms with Crippen LogP contribution in [0.4, 0.5) is 0 Å². The molecule has 1 aromatic carbocycles. The molecule has 3 rings (SSSR count). The Labute approximate surface area is 154 Å². The van der Waals surface area contributed by atoms with Crippen LogP contribution in [0.2, 0.25) is 0 Å². The fourth-order valence-corrected chi connectivity index (χ4v) is 4.00. The first kappa shape index (κ1) is 18.5. The van der Waals surface area contributed by atoms with Gasteiger partial charge in [-0.05, 0) is 25.8 Å². The number of H-pyrrole nitrogens is 1. The average Bonchev–Trinajstić information content (AvgIpc) is 3.03. The highest BCUT2D eigenvalue weighted by molar-refractivity contribution is 7.99. The van der Waals surface area contributed by atoms with Crippen molar-refractivity contribution in [2.24, 2.45) is 0 Å². The lowest BCUT2D eigenvalue weighted by Gasteiger charge is -2.09. The van der Waals surface area contributed by atoms with Gasteiger partial charge < -0.3 is 4.98 Å². The van der Waals surface area contributed by atoms with E-state index in [0.29, 0.717) is 18.5 Å². The van der Waals surface area contributed by atoms with E-state index in [1.54, 1.807) is 21.8 Å². The third-order valence-electron chi connectivity index (χ3n) is 4.30. The van der Waals surface area contributed by atoms with E-state index >= 15 is 0 Å². The van der Waals surface area contributed by atoms with Crippen LogP contribution in [-0.2, 0) is 11.3 Å². The molecule has 2 heterocycles. The maximum Gasteiger partial charge on any atom is 0.278 e. The zero-order chi connectivity index (χ0) is 18.5. The number of thioether (sulfide) groups is 1. The Morgan fingerprint density at radius 3 is 2.88 bits per heavy atom. The van der Waals surface area contributed by atoms with Crippen molar-refractivity contribution in [1.82, 2.24) is 20.0 Å². The largest absolute Gasteiger partial charge is 0.349 e. The number of hydrogen-bond donors (Lipinski definition) is 3. The molecule has 1 amide bonds. The van der Waals surface area contributed by atoms with Crippen molar-refractivity contribution in [1.29, 1.82) is 0 Å². The van der Waals surface area contributed by atoms with Gasteiger partial charge in [0.2, 0.25) is 5.91 Å². The minimum absolute atomic E-state index is 0.0455. The molecule has 0 saturated heterocycles. The number of hydrogen-bond acceptors (Lipinski definition) is 5. The zero-order valence-electron chi connectivity index (χ0n) is 14.6. The maximum absolute atomic E-state index is 12.8. The van der Waals surface area contributed by atoms with Crippen molar-refractivity contribution in [3.8, 4) is 0 Å². The molecule has 26 heavy (non-hydrogen) atoms. The number of nitrogens with zero attached hydrogens (tertiary/aromatic N) is 2. The zero-order valence-corrected chi connectivity index (χ0v) is 15.4. The van der Waals surface area contributed by atoms with E-state index in [1.807, 2.05) is 31.2 Å². The van der Waals surface area contributed by atoms with Crippen LogP contribution in [0.5, 0.6) is 0 Å². The fraction of sp³-hybridized carbons (Fsp3) is 0.389. The number of unbranched alkanes of at least 4 members (excludes halogenated alkanes) is 2. The van der Waals surface area contributed by atoms with Crippen molar-refractivity contribution in [2.45, 2.75) is 44.3 Å². The summed E-state index contributed by atoms with van der Waals surface area (Å²) in [7, 11) is 0. The van der Waals surface area contributed by atoms with Crippen LogP contribution >= 0.6 is 11.8 Å². The number of benzene rings is 1. The van der Waals surface area contributed by atoms with Gasteiger partial charge in [0.1, 0.15) is 11.0 Å². The number of aromatic amines is 1. The van der Waals surface area contributed by atoms with Gasteiger partial charge in [-0.15, -0.1) is 0 Å². The first-order chi connectivity index (χ1) is 12.7. The van der Waals surface area contributed by atoms with Crippen LogP contribution in [0.1, 0.15) is 32.6 Å². The molecule has 0 aliphatic rings. The van der Waals surface area contributed by atoms with Crippen molar-refractivity contribution in [2.75, 3.05) is 5.75 Å². The molecule has 3 aromatic rings. The Bertz CT molecular complexity index is 980. The first-order valence-corrected chi connectivity index (χ1v) is 9.71. The van der Waals surface area contributed by atoms with E-state index < -0.39 is 0 Å². The van der Waals surface area contributed by atoms with Gasteiger partial charge in [-0.2, -0.15) is 0 Å². The number of para-hydroxylation sites is 1. The summed E-state index contributed by atoms with van der Waals surface area (Å²) in [6.07, 6.45) is 2.84. The van der Waals surface area contributed by atoms with Crippen LogP contribution in [0.3, 0.4) is 0 Å². The number of nitrogens with one attached hydrogen (secondary N) is 2. The number of amides is 1. The second-order valence-corrected chi connectivity index (χ2v) is 7.09. The molecule has 3 N–H and O–H groups in total. The quantitative estimate of drug-likeness (QED) is 0.185. The standard InChI is InChI=1S/C18H22N4O3S/c1-2-22-17(24)16-15(12-8-5-6-9-13(12)19-16)20-18(22)26-11-7-3-4-10-14(23)21-25/h5-6,8-9,19,25H,2-4,7,10-11H2,1H3,(H,21,23). The van der Waals surface area contributed by atoms with Gasteiger partial charge in [0, 0.05) is 29.6 Å². The predicted molar refractivity (Wildman–Crippen MR) is 103 cm³/mol. The van der Waals surface area contributed by atoms with Crippen molar-refractivity contribution < 1.29 is 10.0 Å². The molecule has 138 valence electrons. The van der Waals surface area contributed by atoms with Crippen LogP contribution in [0.25, 0.3) is 21.9 Å². The second kappa shape index (κ2) is 8.37. The lowest BCUT2D eigenvalue weighted by atomic mass is 10.2. The van der Waals surface area contributed by atoms with Gasteiger partial charge in [0.25, 0.3) is 5.56 Å². The molecule has 0 radical (unpaired) electrons. The van der Waals surface area contributed by atoms with Gasteiger partial charge in [-0.1, -0.05) is 36.4 Å². The maximum atomic E-state index is 12.8. The molecule has 8 heteroatoms. The lowest BCUT2D eigenvalue weighted by Crippen LogP contribution is -2.22. The van der Waals surface area contributed by atoms with Crippen molar-refractivity contribution in [3.05, 3.63) is 34.6 Å². The molecular formula is C18H22N4O3S. The molecule has 7 nitrogen and oxygen atoms in total. The first-order valence-electron chi connectivity index (χ1n) is 8.72. The van der Waals surface area contributed by atoms with Gasteiger partial charge in [-0.25, -0.2) is 10.5 Å². The highest BCUT2D eigenvalue weighted by atomic mass is 32.2. The number of aromatic nitrogens is 3. The highest BCUT2D eigenvalue weighted by Gasteiger charge is 2.14. The summed E-state index contributed by atoms with van der Waals surface area (Å²) in [4.78, 5) is 31.7. The summed E-state index contributed by atoms with van der Waals surface area (Å²) in [6.45, 7) is 2.51. The van der Waals surface area contributed by atoms with Gasteiger partial charge in [0.05, 0.1) is 0 Å². The topological polar surface area (TPSA) is 100 Å². The summed E-state index contributed by atoms with van der Waals surface area (Å²) in [6, 6.07) is 7.79. The van der Waals surface area contributed by atoms with Gasteiger partial charge >= 0.3 is 0 Å². The lowest BCUT2D eigenvalue weighted by molar-refractivity contribution is -0.129. The Balaban J connectivity index is 1.76. The number of carbonyl (C=O) groups excluding carboxylic acids is 1. The van der Waals surface area contributed by atoms with Crippen molar-refractivity contribution in [3.63, 3.8) is 0 Å². The number of hydroxylamine groups is 1. The van der Waals surface area contributed by atoms with E-state index in [4.69, 9.17) is 10.2 Å². The van der Waals surface area contributed by atoms with E-state index in [-0.39, 0.29) is 11.5 Å². The Morgan fingerprint density at radius 1 is 1.31 bits per heavy atom. The molecule has 0 atom stereocenters. The predicted octanol–water partition coefficient (Wildman–Crippen LogP) is 3.06. The highest BCUT2D eigenvalue weighted by Crippen LogP contribution is 2.25. The van der Waals surface area contributed by atoms with E-state index in [9.17, 15) is 9.59 Å². The molecule has 2 aromatic heterocycles. The minimum Gasteiger partial charge on any atom is -0.349 e. The number of rotatable bonds is 8. The fourth-order valence-electron chi connectivity index (χ4n) is 2.95. The number of carbonyl (C=O) groups is 1. The molecule has 0 aliphatic carbocycles. The molecular weight excluding hydrogens is 352 g/mol. The molecule has 0 aliphatic heterocycles. The van der Waals surface area contributed by atoms with E-state index in [2.05, 4.69) is 4.98 Å². The van der Waals surface area contributed by atoms with Gasteiger partial charge in [-0.3, -0.25) is 19.4 Å². The summed E-state index contributed by atoms with van der Waals surface area (Å²) in [5.41, 5.74) is 3.78. The molecule has 0 saturated carbocycles. The van der Waals surface area contributed by atoms with Crippen molar-refractivity contribution >= 4 is 39.6 Å². The Hall–Kier alpha value is -2.32. The van der Waals surface area contributed by atoms with E-state index in [0.717, 1.165) is 46.6 Å². The molecule has 0 unspecified atom stereocenters. The summed E-state index contributed by atoms with van der Waals surface area (Å²) < 4.78 is 1.70. The summed E-state index contributed by atoms with van der Waals surface area (Å²) >= 11 is 1.57.